The van der Waals surface area contributed by atoms with Gasteiger partial charge in [-0.25, -0.2) is 4.39 Å². The van der Waals surface area contributed by atoms with Crippen LogP contribution in [0.2, 0.25) is 0 Å². The molecule has 3 aromatic rings. The Labute approximate surface area is 183 Å². The third-order valence-corrected chi connectivity index (χ3v) is 5.66. The lowest BCUT2D eigenvalue weighted by Crippen LogP contribution is -2.55. The van der Waals surface area contributed by atoms with Crippen molar-refractivity contribution < 1.29 is 19.0 Å². The van der Waals surface area contributed by atoms with Crippen molar-refractivity contribution >= 4 is 5.91 Å². The Hall–Kier alpha value is -4.07. The molecule has 0 aliphatic carbocycles. The van der Waals surface area contributed by atoms with Gasteiger partial charge in [0.05, 0.1) is 0 Å². The summed E-state index contributed by atoms with van der Waals surface area (Å²) in [7, 11) is 0. The molecule has 1 atom stereocenters. The molecule has 0 saturated heterocycles. The van der Waals surface area contributed by atoms with Gasteiger partial charge < -0.3 is 14.7 Å². The number of amides is 1. The Morgan fingerprint density at radius 2 is 1.81 bits per heavy atom. The third-order valence-electron chi connectivity index (χ3n) is 5.66. The van der Waals surface area contributed by atoms with E-state index < -0.39 is 28.9 Å². The van der Waals surface area contributed by atoms with Gasteiger partial charge in [-0.05, 0) is 17.7 Å². The average molecular weight is 433 g/mol. The number of nitrogens with zero attached hydrogens (tertiary/aromatic N) is 3. The molecule has 7 nitrogen and oxygen atoms in total. The zero-order valence-electron chi connectivity index (χ0n) is 17.0. The zero-order chi connectivity index (χ0) is 22.2. The number of aromatic nitrogens is 1. The molecule has 32 heavy (non-hydrogen) atoms. The number of fused-ring (bicyclic) bond motifs is 5. The van der Waals surface area contributed by atoms with Gasteiger partial charge in [0.15, 0.2) is 23.0 Å². The van der Waals surface area contributed by atoms with Crippen LogP contribution in [0.5, 0.6) is 11.5 Å². The minimum absolute atomic E-state index is 0.114. The second-order valence-corrected chi connectivity index (χ2v) is 7.58. The topological polar surface area (TPSA) is 75.0 Å². The number of aromatic hydroxyl groups is 1. The van der Waals surface area contributed by atoms with Crippen LogP contribution in [0.3, 0.4) is 0 Å². The molecule has 3 heterocycles. The van der Waals surface area contributed by atoms with Crippen LogP contribution < -0.4 is 15.2 Å². The Balaban J connectivity index is 1.82. The molecule has 2 aliphatic rings. The van der Waals surface area contributed by atoms with Crippen LogP contribution in [-0.2, 0) is 0 Å². The normalized spacial score (nSPS) is 18.8. The van der Waals surface area contributed by atoms with E-state index in [0.717, 1.165) is 5.56 Å². The van der Waals surface area contributed by atoms with Crippen LogP contribution in [0.4, 0.5) is 4.39 Å². The van der Waals surface area contributed by atoms with Gasteiger partial charge in [0.2, 0.25) is 5.43 Å². The van der Waals surface area contributed by atoms with Crippen molar-refractivity contribution in [2.75, 3.05) is 24.8 Å². The molecule has 8 heteroatoms. The molecule has 1 aromatic heterocycles. The molecular weight excluding hydrogens is 413 g/mol. The van der Waals surface area contributed by atoms with Gasteiger partial charge in [0, 0.05) is 24.4 Å². The molecule has 0 unspecified atom stereocenters. The quantitative estimate of drug-likeness (QED) is 0.598. The van der Waals surface area contributed by atoms with E-state index in [9.17, 15) is 19.1 Å². The number of carbonyl (C=O) groups is 1. The predicted octanol–water partition coefficient (Wildman–Crippen LogP) is 2.78. The fourth-order valence-corrected chi connectivity index (χ4v) is 4.18. The van der Waals surface area contributed by atoms with Crippen LogP contribution in [0.1, 0.15) is 27.7 Å². The van der Waals surface area contributed by atoms with E-state index in [0.29, 0.717) is 5.56 Å². The number of rotatable bonds is 1. The molecule has 0 saturated carbocycles. The fraction of sp³-hybridized carbons (Fsp3) is 0.167. The van der Waals surface area contributed by atoms with E-state index in [1.54, 1.807) is 24.3 Å². The Bertz CT molecular complexity index is 1270. The van der Waals surface area contributed by atoms with E-state index >= 15 is 0 Å². The molecule has 2 aromatic carbocycles. The summed E-state index contributed by atoms with van der Waals surface area (Å²) in [5, 5.41) is 12.3. The molecule has 1 N–H and O–H groups in total. The standard InChI is InChI=1S/C24H20FN3O4/c25-18-10-6-9-17-20(16-7-2-1-3-8-16)28-15-26(12-4-5-14-32-23(17)18)24(31)21-22(30)19(29)11-13-27(21)28/h1-11,13,20,30H,12,14-15H2/b5-4+/t20-/m1/s1. The molecule has 0 spiro atoms. The number of carbonyl (C=O) groups excluding carboxylic acids is 1. The number of pyridine rings is 1. The highest BCUT2D eigenvalue weighted by atomic mass is 19.1. The van der Waals surface area contributed by atoms with Crippen molar-refractivity contribution in [1.82, 2.24) is 9.58 Å². The molecule has 1 amide bonds. The molecule has 2 bridgehead atoms. The largest absolute Gasteiger partial charge is 0.502 e. The summed E-state index contributed by atoms with van der Waals surface area (Å²) in [6.45, 7) is 0.517. The first-order valence-corrected chi connectivity index (χ1v) is 10.2. The van der Waals surface area contributed by atoms with Crippen LogP contribution in [-0.4, -0.2) is 40.4 Å². The predicted molar refractivity (Wildman–Crippen MR) is 116 cm³/mol. The molecular formula is C24H20FN3O4. The number of benzene rings is 2. The molecule has 0 fully saturated rings. The Morgan fingerprint density at radius 1 is 1.00 bits per heavy atom. The lowest BCUT2D eigenvalue weighted by atomic mass is 9.96. The number of hydrogen-bond donors (Lipinski definition) is 1. The van der Waals surface area contributed by atoms with Crippen molar-refractivity contribution in [3.63, 3.8) is 0 Å². The second kappa shape index (κ2) is 7.88. The molecule has 2 aliphatic heterocycles. The van der Waals surface area contributed by atoms with Crippen molar-refractivity contribution in [3.8, 4) is 11.5 Å². The monoisotopic (exact) mass is 433 g/mol. The smallest absolute Gasteiger partial charge is 0.278 e. The Morgan fingerprint density at radius 3 is 2.62 bits per heavy atom. The summed E-state index contributed by atoms with van der Waals surface area (Å²) >= 11 is 0. The SMILES string of the molecule is O=C1c2c(O)c(=O)ccn2N2CN1C/C=C/COc1c(F)cccc1[C@H]2c1ccccc1. The first kappa shape index (κ1) is 19.9. The number of para-hydroxylation sites is 1. The van der Waals surface area contributed by atoms with Gasteiger partial charge in [0.25, 0.3) is 5.91 Å². The van der Waals surface area contributed by atoms with E-state index in [4.69, 9.17) is 4.74 Å². The molecule has 162 valence electrons. The maximum absolute atomic E-state index is 14.9. The summed E-state index contributed by atoms with van der Waals surface area (Å²) in [5.41, 5.74) is 0.618. The van der Waals surface area contributed by atoms with Gasteiger partial charge >= 0.3 is 0 Å². The number of halogens is 1. The summed E-state index contributed by atoms with van der Waals surface area (Å²) in [6, 6.07) is 14.8. The first-order valence-electron chi connectivity index (χ1n) is 10.2. The Kier molecular flexibility index (Phi) is 4.89. The maximum Gasteiger partial charge on any atom is 0.278 e. The van der Waals surface area contributed by atoms with Crippen LogP contribution in [0, 0.1) is 5.82 Å². The summed E-state index contributed by atoms with van der Waals surface area (Å²) in [6.07, 6.45) is 4.91. The highest BCUT2D eigenvalue weighted by molar-refractivity contribution is 5.96. The van der Waals surface area contributed by atoms with Crippen molar-refractivity contribution in [2.45, 2.75) is 6.04 Å². The minimum atomic E-state index is -0.641. The fourth-order valence-electron chi connectivity index (χ4n) is 4.18. The van der Waals surface area contributed by atoms with Crippen molar-refractivity contribution in [3.05, 3.63) is 106 Å². The highest BCUT2D eigenvalue weighted by Crippen LogP contribution is 2.38. The molecule has 0 radical (unpaired) electrons. The zero-order valence-corrected chi connectivity index (χ0v) is 17.0. The van der Waals surface area contributed by atoms with Gasteiger partial charge in [-0.15, -0.1) is 0 Å². The van der Waals surface area contributed by atoms with E-state index in [1.807, 2.05) is 35.3 Å². The highest BCUT2D eigenvalue weighted by Gasteiger charge is 2.37. The third kappa shape index (κ3) is 3.20. The second-order valence-electron chi connectivity index (χ2n) is 7.58. The van der Waals surface area contributed by atoms with Crippen LogP contribution >= 0.6 is 0 Å². The van der Waals surface area contributed by atoms with Crippen LogP contribution in [0.15, 0.2) is 77.7 Å². The summed E-state index contributed by atoms with van der Waals surface area (Å²) in [4.78, 5) is 26.8. The lowest BCUT2D eigenvalue weighted by molar-refractivity contribution is 0.0701. The van der Waals surface area contributed by atoms with Crippen molar-refractivity contribution in [1.29, 1.82) is 0 Å². The van der Waals surface area contributed by atoms with Gasteiger partial charge in [0.1, 0.15) is 19.3 Å². The van der Waals surface area contributed by atoms with Gasteiger partial charge in [-0.3, -0.25) is 19.3 Å². The molecule has 5 rings (SSSR count). The first-order chi connectivity index (χ1) is 15.6. The van der Waals surface area contributed by atoms with Gasteiger partial charge in [-0.1, -0.05) is 48.5 Å². The van der Waals surface area contributed by atoms with E-state index in [1.165, 1.54) is 27.9 Å². The lowest BCUT2D eigenvalue weighted by Gasteiger charge is -2.43. The minimum Gasteiger partial charge on any atom is -0.502 e. The average Bonchev–Trinajstić information content (AvgIpc) is 2.83. The number of ether oxygens (including phenoxy) is 1. The van der Waals surface area contributed by atoms with Crippen molar-refractivity contribution in [2.24, 2.45) is 0 Å². The van der Waals surface area contributed by atoms with E-state index in [-0.39, 0.29) is 31.3 Å². The van der Waals surface area contributed by atoms with Crippen LogP contribution in [0.25, 0.3) is 0 Å². The summed E-state index contributed by atoms with van der Waals surface area (Å²) < 4.78 is 22.2. The van der Waals surface area contributed by atoms with E-state index in [2.05, 4.69) is 0 Å². The number of hydrogen-bond acceptors (Lipinski definition) is 5. The van der Waals surface area contributed by atoms with Gasteiger partial charge in [-0.2, -0.15) is 0 Å². The maximum atomic E-state index is 14.9. The summed E-state index contributed by atoms with van der Waals surface area (Å²) in [5.74, 6) is -1.46.